The second kappa shape index (κ2) is 7.71. The van der Waals surface area contributed by atoms with Crippen LogP contribution >= 0.6 is 0 Å². The minimum Gasteiger partial charge on any atom is -0.356 e. The van der Waals surface area contributed by atoms with Gasteiger partial charge in [-0.2, -0.15) is 5.10 Å². The Morgan fingerprint density at radius 1 is 1.31 bits per heavy atom. The van der Waals surface area contributed by atoms with Gasteiger partial charge in [0.25, 0.3) is 0 Å². The van der Waals surface area contributed by atoms with Gasteiger partial charge in [-0.05, 0) is 55.5 Å². The zero-order chi connectivity index (χ0) is 20.6. The van der Waals surface area contributed by atoms with Gasteiger partial charge in [0.05, 0.1) is 5.69 Å². The predicted molar refractivity (Wildman–Crippen MR) is 119 cm³/mol. The van der Waals surface area contributed by atoms with Crippen LogP contribution in [0, 0.1) is 17.2 Å². The van der Waals surface area contributed by atoms with Crippen molar-refractivity contribution in [3.8, 4) is 11.4 Å². The van der Waals surface area contributed by atoms with Crippen molar-refractivity contribution < 1.29 is 7.24 Å². The molecular formula is C22H33FN6. The molecule has 7 heteroatoms. The number of hydrogen-bond donors (Lipinski definition) is 2. The molecule has 3 aromatic rings. The van der Waals surface area contributed by atoms with Gasteiger partial charge in [-0.25, -0.2) is 14.4 Å². The summed E-state index contributed by atoms with van der Waals surface area (Å²) in [7, 11) is 2.04. The number of hydrogen-bond acceptors (Lipinski definition) is 5. The summed E-state index contributed by atoms with van der Waals surface area (Å²) >= 11 is 0. The summed E-state index contributed by atoms with van der Waals surface area (Å²) in [6.45, 7) is 8.67. The molecule has 0 saturated carbocycles. The van der Waals surface area contributed by atoms with E-state index in [2.05, 4.69) is 46.2 Å². The number of anilines is 1. The van der Waals surface area contributed by atoms with Crippen molar-refractivity contribution >= 4 is 16.9 Å². The molecule has 2 N–H and O–H groups in total. The van der Waals surface area contributed by atoms with Crippen LogP contribution in [-0.4, -0.2) is 46.3 Å². The number of aromatic amines is 1. The summed E-state index contributed by atoms with van der Waals surface area (Å²) < 4.78 is 14.7. The average molecular weight is 401 g/mol. The molecule has 2 atom stereocenters. The molecule has 158 valence electrons. The largest absolute Gasteiger partial charge is 0.356 e. The van der Waals surface area contributed by atoms with Crippen molar-refractivity contribution in [2.24, 2.45) is 11.3 Å². The first-order valence-electron chi connectivity index (χ1n) is 10.3. The maximum Gasteiger partial charge on any atom is 0.181 e. The lowest BCUT2D eigenvalue weighted by Crippen LogP contribution is -2.50. The van der Waals surface area contributed by atoms with E-state index >= 15 is 0 Å². The molecule has 0 aromatic carbocycles. The number of rotatable bonds is 4. The maximum absolute atomic E-state index is 14.7. The summed E-state index contributed by atoms with van der Waals surface area (Å²) in [5, 5.41) is 11.4. The minimum absolute atomic E-state index is 0. The van der Waals surface area contributed by atoms with E-state index in [4.69, 9.17) is 4.98 Å². The molecule has 0 bridgehead atoms. The first kappa shape index (κ1) is 19.8. The lowest BCUT2D eigenvalue weighted by atomic mass is 9.76. The summed E-state index contributed by atoms with van der Waals surface area (Å²) in [4.78, 5) is 11.2. The van der Waals surface area contributed by atoms with Gasteiger partial charge in [0.2, 0.25) is 0 Å². The summed E-state index contributed by atoms with van der Waals surface area (Å²) in [5.41, 5.74) is 1.60. The summed E-state index contributed by atoms with van der Waals surface area (Å²) in [6.07, 6.45) is 3.96. The highest BCUT2D eigenvalue weighted by Gasteiger charge is 2.34. The highest BCUT2D eigenvalue weighted by Crippen LogP contribution is 2.33. The number of nitrogens with zero attached hydrogens (tertiary/aromatic N) is 4. The van der Waals surface area contributed by atoms with E-state index < -0.39 is 0 Å². The Hall–Kier alpha value is -2.54. The highest BCUT2D eigenvalue weighted by atomic mass is 19.1. The van der Waals surface area contributed by atoms with Crippen LogP contribution in [0.15, 0.2) is 30.5 Å². The van der Waals surface area contributed by atoms with Crippen LogP contribution < -0.4 is 10.2 Å². The quantitative estimate of drug-likeness (QED) is 0.675. The summed E-state index contributed by atoms with van der Waals surface area (Å²) in [6, 6.07) is 7.40. The topological polar surface area (TPSA) is 69.7 Å². The molecule has 0 spiro atoms. The highest BCUT2D eigenvalue weighted by molar-refractivity contribution is 5.89. The van der Waals surface area contributed by atoms with Crippen molar-refractivity contribution in [2.75, 3.05) is 25.0 Å². The number of fused-ring (bicyclic) bond motifs is 1. The van der Waals surface area contributed by atoms with Crippen molar-refractivity contribution in [3.63, 3.8) is 0 Å². The Balaban J connectivity index is 0.00000171. The number of aromatic nitrogens is 4. The number of halogens is 1. The van der Waals surface area contributed by atoms with Crippen LogP contribution in [0.2, 0.25) is 0 Å². The normalized spacial score (nSPS) is 18.9. The SMILES string of the molecule is CNC(C1CCCN(c2ccc(F)c(-c3[nH]nc4ncccc34)n2)C1)C(C)(C)C.[HH].[HH]. The Bertz CT molecular complexity index is 1000. The van der Waals surface area contributed by atoms with Gasteiger partial charge in [0.1, 0.15) is 11.5 Å². The molecule has 4 heterocycles. The van der Waals surface area contributed by atoms with Crippen molar-refractivity contribution in [1.29, 1.82) is 0 Å². The van der Waals surface area contributed by atoms with Gasteiger partial charge < -0.3 is 10.2 Å². The first-order valence-corrected chi connectivity index (χ1v) is 10.3. The fourth-order valence-electron chi connectivity index (χ4n) is 4.68. The van der Waals surface area contributed by atoms with Crippen LogP contribution in [-0.2, 0) is 0 Å². The number of nitrogens with one attached hydrogen (secondary N) is 2. The molecule has 6 nitrogen and oxygen atoms in total. The van der Waals surface area contributed by atoms with Gasteiger partial charge in [-0.1, -0.05) is 20.8 Å². The van der Waals surface area contributed by atoms with Crippen LogP contribution in [0.1, 0.15) is 36.5 Å². The van der Waals surface area contributed by atoms with Crippen LogP contribution in [0.25, 0.3) is 22.4 Å². The maximum atomic E-state index is 14.7. The molecule has 0 amide bonds. The van der Waals surface area contributed by atoms with Gasteiger partial charge >= 0.3 is 0 Å². The number of pyridine rings is 2. The molecular weight excluding hydrogens is 367 g/mol. The van der Waals surface area contributed by atoms with E-state index in [1.807, 2.05) is 19.2 Å². The monoisotopic (exact) mass is 400 g/mol. The van der Waals surface area contributed by atoms with Gasteiger partial charge in [0, 0.05) is 33.6 Å². The van der Waals surface area contributed by atoms with Crippen LogP contribution in [0.4, 0.5) is 10.2 Å². The lowest BCUT2D eigenvalue weighted by Gasteiger charge is -2.42. The van der Waals surface area contributed by atoms with Crippen LogP contribution in [0.3, 0.4) is 0 Å². The fourth-order valence-corrected chi connectivity index (χ4v) is 4.68. The van der Waals surface area contributed by atoms with Crippen molar-refractivity contribution in [2.45, 2.75) is 39.7 Å². The standard InChI is InChI=1S/C22H29FN6.2H2/c1-22(2,3)20(24-4)14-7-6-12-29(13-14)17-10-9-16(23)19(26-17)18-15-8-5-11-25-21(15)28-27-18;;/h5,8-11,14,20,24H,6-7,12-13H2,1-4H3,(H,25,27,28);2*1H. The minimum atomic E-state index is -0.362. The second-order valence-corrected chi connectivity index (χ2v) is 8.95. The zero-order valence-electron chi connectivity index (χ0n) is 17.5. The number of piperidine rings is 1. The lowest BCUT2D eigenvalue weighted by molar-refractivity contribution is 0.184. The molecule has 4 rings (SSSR count). The third-order valence-electron chi connectivity index (χ3n) is 5.89. The van der Waals surface area contributed by atoms with Crippen molar-refractivity contribution in [1.82, 2.24) is 25.5 Å². The van der Waals surface area contributed by atoms with Gasteiger partial charge in [0.15, 0.2) is 11.5 Å². The third kappa shape index (κ3) is 3.83. The molecule has 0 aliphatic carbocycles. The van der Waals surface area contributed by atoms with E-state index in [0.717, 1.165) is 30.7 Å². The molecule has 29 heavy (non-hydrogen) atoms. The average Bonchev–Trinajstić information content (AvgIpc) is 3.12. The van der Waals surface area contributed by atoms with E-state index in [1.54, 1.807) is 12.3 Å². The van der Waals surface area contributed by atoms with Gasteiger partial charge in [-0.3, -0.25) is 5.10 Å². The molecule has 1 saturated heterocycles. The first-order chi connectivity index (χ1) is 13.9. The molecule has 2 unspecified atom stereocenters. The Kier molecular flexibility index (Phi) is 5.25. The van der Waals surface area contributed by atoms with E-state index in [1.165, 1.54) is 12.5 Å². The third-order valence-corrected chi connectivity index (χ3v) is 5.89. The van der Waals surface area contributed by atoms with E-state index in [0.29, 0.717) is 29.0 Å². The second-order valence-electron chi connectivity index (χ2n) is 8.95. The Morgan fingerprint density at radius 2 is 2.14 bits per heavy atom. The zero-order valence-corrected chi connectivity index (χ0v) is 17.5. The molecule has 3 aromatic heterocycles. The molecule has 1 aliphatic rings. The predicted octanol–water partition coefficient (Wildman–Crippen LogP) is 4.50. The Labute approximate surface area is 173 Å². The van der Waals surface area contributed by atoms with Gasteiger partial charge in [-0.15, -0.1) is 0 Å². The van der Waals surface area contributed by atoms with Crippen LogP contribution in [0.5, 0.6) is 0 Å². The molecule has 1 aliphatic heterocycles. The summed E-state index contributed by atoms with van der Waals surface area (Å²) in [5.74, 6) is 0.960. The van der Waals surface area contributed by atoms with Crippen molar-refractivity contribution in [3.05, 3.63) is 36.3 Å². The smallest absolute Gasteiger partial charge is 0.181 e. The number of H-pyrrole nitrogens is 1. The Morgan fingerprint density at radius 3 is 2.90 bits per heavy atom. The van der Waals surface area contributed by atoms with E-state index in [-0.39, 0.29) is 14.1 Å². The van der Waals surface area contributed by atoms with E-state index in [9.17, 15) is 4.39 Å². The molecule has 1 fully saturated rings. The fraction of sp³-hybridized carbons (Fsp3) is 0.500. The molecule has 0 radical (unpaired) electrons.